The molecule has 0 unspecified atom stereocenters. The lowest BCUT2D eigenvalue weighted by Gasteiger charge is -2.32. The van der Waals surface area contributed by atoms with E-state index >= 15 is 0 Å². The maximum Gasteiger partial charge on any atom is 0.228 e. The van der Waals surface area contributed by atoms with Crippen LogP contribution in [0.3, 0.4) is 0 Å². The summed E-state index contributed by atoms with van der Waals surface area (Å²) in [4.78, 5) is 17.6. The number of piperidine rings is 1. The number of anilines is 1. The van der Waals surface area contributed by atoms with Crippen LogP contribution in [-0.4, -0.2) is 23.9 Å². The molecule has 1 aliphatic rings. The minimum atomic E-state index is -0.0650. The Morgan fingerprint density at radius 3 is 2.45 bits per heavy atom. The van der Waals surface area contributed by atoms with Crippen molar-refractivity contribution in [2.45, 2.75) is 29.2 Å². The molecule has 0 radical (unpaired) electrons. The molecule has 3 aromatic carbocycles. The summed E-state index contributed by atoms with van der Waals surface area (Å²) < 4.78 is 0. The molecule has 1 amide bonds. The minimum Gasteiger partial charge on any atom is -0.325 e. The first-order valence-corrected chi connectivity index (χ1v) is 12.0. The van der Waals surface area contributed by atoms with Crippen molar-refractivity contribution < 1.29 is 4.79 Å². The van der Waals surface area contributed by atoms with Crippen LogP contribution in [0.4, 0.5) is 5.69 Å². The molecule has 1 atom stereocenters. The van der Waals surface area contributed by atoms with E-state index < -0.39 is 0 Å². The van der Waals surface area contributed by atoms with E-state index in [-0.39, 0.29) is 11.8 Å². The normalized spacial score (nSPS) is 16.8. The van der Waals surface area contributed by atoms with Gasteiger partial charge in [0.15, 0.2) is 0 Å². The average molecular weight is 471 g/mol. The number of carbonyl (C=O) groups is 1. The van der Waals surface area contributed by atoms with Gasteiger partial charge in [-0.15, -0.1) is 0 Å². The summed E-state index contributed by atoms with van der Waals surface area (Å²) in [7, 11) is 0. The average Bonchev–Trinajstić information content (AvgIpc) is 2.79. The molecule has 1 aliphatic heterocycles. The molecule has 1 heterocycles. The fourth-order valence-electron chi connectivity index (χ4n) is 3.83. The van der Waals surface area contributed by atoms with Crippen molar-refractivity contribution in [2.24, 2.45) is 5.92 Å². The molecular weight excluding hydrogens is 447 g/mol. The van der Waals surface area contributed by atoms with Gasteiger partial charge in [0.05, 0.1) is 11.6 Å². The number of hydrogen-bond donors (Lipinski definition) is 1. The van der Waals surface area contributed by atoms with Crippen molar-refractivity contribution >= 4 is 46.6 Å². The van der Waals surface area contributed by atoms with Crippen molar-refractivity contribution in [3.05, 3.63) is 88.4 Å². The van der Waals surface area contributed by atoms with Gasteiger partial charge in [0.2, 0.25) is 5.91 Å². The Balaban J connectivity index is 1.42. The smallest absolute Gasteiger partial charge is 0.228 e. The third-order valence-corrected chi connectivity index (χ3v) is 7.23. The highest BCUT2D eigenvalue weighted by molar-refractivity contribution is 7.99. The van der Waals surface area contributed by atoms with Gasteiger partial charge in [-0.05, 0) is 55.8 Å². The van der Waals surface area contributed by atoms with Crippen LogP contribution in [0.25, 0.3) is 0 Å². The number of carbonyl (C=O) groups excluding carboxylic acids is 1. The Morgan fingerprint density at radius 1 is 0.968 bits per heavy atom. The molecule has 1 fully saturated rings. The van der Waals surface area contributed by atoms with Gasteiger partial charge in [0.1, 0.15) is 0 Å². The Labute approximate surface area is 197 Å². The minimum absolute atomic E-state index is 0.0650. The van der Waals surface area contributed by atoms with Crippen LogP contribution in [0.1, 0.15) is 18.4 Å². The number of halogens is 2. The van der Waals surface area contributed by atoms with E-state index in [1.807, 2.05) is 60.7 Å². The first-order valence-electron chi connectivity index (χ1n) is 10.4. The number of nitrogens with one attached hydrogen (secondary N) is 1. The second kappa shape index (κ2) is 10.6. The van der Waals surface area contributed by atoms with Crippen LogP contribution in [0.2, 0.25) is 10.0 Å². The topological polar surface area (TPSA) is 32.3 Å². The lowest BCUT2D eigenvalue weighted by molar-refractivity contribution is -0.121. The standard InChI is InChI=1S/C25H24Cl2N2OS/c26-21-11-6-12-22(27)20(21)17-29-15-7-8-18(16-29)25(30)28-23-13-4-5-14-24(23)31-19-9-2-1-3-10-19/h1-6,9-14,18H,7-8,15-17H2,(H,28,30)/t18-/m0/s1. The number of nitrogens with zero attached hydrogens (tertiary/aromatic N) is 1. The second-order valence-electron chi connectivity index (χ2n) is 7.68. The van der Waals surface area contributed by atoms with Gasteiger partial charge in [-0.25, -0.2) is 0 Å². The van der Waals surface area contributed by atoms with Gasteiger partial charge in [-0.2, -0.15) is 0 Å². The molecule has 4 rings (SSSR count). The Bertz CT molecular complexity index is 1020. The Morgan fingerprint density at radius 2 is 1.68 bits per heavy atom. The Hall–Kier alpha value is -1.98. The SMILES string of the molecule is O=C(Nc1ccccc1Sc1ccccc1)[C@H]1CCCN(Cc2c(Cl)cccc2Cl)C1. The highest BCUT2D eigenvalue weighted by Gasteiger charge is 2.27. The molecule has 160 valence electrons. The van der Waals surface area contributed by atoms with E-state index in [4.69, 9.17) is 23.2 Å². The fourth-order valence-corrected chi connectivity index (χ4v) is 5.27. The van der Waals surface area contributed by atoms with Crippen LogP contribution in [0.15, 0.2) is 82.6 Å². The fraction of sp³-hybridized carbons (Fsp3) is 0.240. The van der Waals surface area contributed by atoms with E-state index in [2.05, 4.69) is 22.3 Å². The highest BCUT2D eigenvalue weighted by atomic mass is 35.5. The van der Waals surface area contributed by atoms with E-state index in [0.29, 0.717) is 23.1 Å². The van der Waals surface area contributed by atoms with Crippen molar-refractivity contribution in [2.75, 3.05) is 18.4 Å². The summed E-state index contributed by atoms with van der Waals surface area (Å²) >= 11 is 14.3. The molecule has 1 saturated heterocycles. The van der Waals surface area contributed by atoms with E-state index in [1.54, 1.807) is 11.8 Å². The van der Waals surface area contributed by atoms with E-state index in [9.17, 15) is 4.79 Å². The predicted molar refractivity (Wildman–Crippen MR) is 130 cm³/mol. The first kappa shape index (κ1) is 22.2. The van der Waals surface area contributed by atoms with Crippen LogP contribution < -0.4 is 5.32 Å². The van der Waals surface area contributed by atoms with Gasteiger partial charge >= 0.3 is 0 Å². The summed E-state index contributed by atoms with van der Waals surface area (Å²) in [6.07, 6.45) is 1.85. The quantitative estimate of drug-likeness (QED) is 0.420. The lowest BCUT2D eigenvalue weighted by atomic mass is 9.96. The number of benzene rings is 3. The predicted octanol–water partition coefficient (Wildman–Crippen LogP) is 7.00. The van der Waals surface area contributed by atoms with Crippen LogP contribution >= 0.6 is 35.0 Å². The van der Waals surface area contributed by atoms with Crippen LogP contribution in [-0.2, 0) is 11.3 Å². The van der Waals surface area contributed by atoms with E-state index in [1.165, 1.54) is 0 Å². The lowest BCUT2D eigenvalue weighted by Crippen LogP contribution is -2.40. The molecular formula is C25H24Cl2N2OS. The summed E-state index contributed by atoms with van der Waals surface area (Å²) in [6.45, 7) is 2.29. The summed E-state index contributed by atoms with van der Waals surface area (Å²) in [6, 6.07) is 23.7. The molecule has 0 saturated carbocycles. The van der Waals surface area contributed by atoms with Crippen LogP contribution in [0, 0.1) is 5.92 Å². The third-order valence-electron chi connectivity index (χ3n) is 5.44. The maximum absolute atomic E-state index is 13.1. The summed E-state index contributed by atoms with van der Waals surface area (Å²) in [5.41, 5.74) is 1.78. The van der Waals surface area contributed by atoms with Crippen molar-refractivity contribution in [3.8, 4) is 0 Å². The number of para-hydroxylation sites is 1. The van der Waals surface area contributed by atoms with Gasteiger partial charge < -0.3 is 5.32 Å². The monoisotopic (exact) mass is 470 g/mol. The van der Waals surface area contributed by atoms with Crippen molar-refractivity contribution in [1.29, 1.82) is 0 Å². The van der Waals surface area contributed by atoms with Gasteiger partial charge in [-0.1, -0.05) is 71.4 Å². The van der Waals surface area contributed by atoms with E-state index in [0.717, 1.165) is 40.4 Å². The number of amides is 1. The molecule has 31 heavy (non-hydrogen) atoms. The van der Waals surface area contributed by atoms with Crippen molar-refractivity contribution in [3.63, 3.8) is 0 Å². The molecule has 3 nitrogen and oxygen atoms in total. The molecule has 0 spiro atoms. The first-order chi connectivity index (χ1) is 15.1. The zero-order chi connectivity index (χ0) is 21.6. The molecule has 0 bridgehead atoms. The largest absolute Gasteiger partial charge is 0.325 e. The Kier molecular flexibility index (Phi) is 7.57. The highest BCUT2D eigenvalue weighted by Crippen LogP contribution is 2.34. The number of rotatable bonds is 6. The van der Waals surface area contributed by atoms with Crippen molar-refractivity contribution in [1.82, 2.24) is 4.90 Å². The summed E-state index contributed by atoms with van der Waals surface area (Å²) in [5.74, 6) is 0.000798. The third kappa shape index (κ3) is 5.83. The zero-order valence-corrected chi connectivity index (χ0v) is 19.4. The second-order valence-corrected chi connectivity index (χ2v) is 9.60. The molecule has 3 aromatic rings. The molecule has 1 N–H and O–H groups in total. The number of likely N-dealkylation sites (tertiary alicyclic amines) is 1. The van der Waals surface area contributed by atoms with Gasteiger partial charge in [0.25, 0.3) is 0 Å². The molecule has 6 heteroatoms. The maximum atomic E-state index is 13.1. The molecule has 0 aliphatic carbocycles. The molecule has 0 aromatic heterocycles. The number of hydrogen-bond acceptors (Lipinski definition) is 3. The summed E-state index contributed by atoms with van der Waals surface area (Å²) in [5, 5.41) is 4.51. The zero-order valence-electron chi connectivity index (χ0n) is 17.1. The van der Waals surface area contributed by atoms with Gasteiger partial charge in [-0.3, -0.25) is 9.69 Å². The van der Waals surface area contributed by atoms with Gasteiger partial charge in [0, 0.05) is 38.5 Å². The van der Waals surface area contributed by atoms with Crippen LogP contribution in [0.5, 0.6) is 0 Å².